The van der Waals surface area contributed by atoms with Crippen molar-refractivity contribution in [3.8, 4) is 5.75 Å². The summed E-state index contributed by atoms with van der Waals surface area (Å²) < 4.78 is 11.7. The molecule has 1 heterocycles. The molecule has 0 spiro atoms. The molecule has 2 atom stereocenters. The van der Waals surface area contributed by atoms with Crippen molar-refractivity contribution in [2.45, 2.75) is 32.0 Å². The number of ether oxygens (including phenoxy) is 2. The van der Waals surface area contributed by atoms with Crippen LogP contribution in [0.4, 0.5) is 0 Å². The first-order chi connectivity index (χ1) is 8.11. The first-order valence-corrected chi connectivity index (χ1v) is 6.44. The van der Waals surface area contributed by atoms with Gasteiger partial charge in [-0.15, -0.1) is 0 Å². The number of ketones is 1. The maximum atomic E-state index is 12.3. The van der Waals surface area contributed by atoms with Crippen LogP contribution < -0.4 is 4.74 Å². The molecular formula is C13H15BrO3. The van der Waals surface area contributed by atoms with Gasteiger partial charge in [-0.3, -0.25) is 4.79 Å². The molecule has 2 unspecified atom stereocenters. The Labute approximate surface area is 109 Å². The molecule has 1 fully saturated rings. The van der Waals surface area contributed by atoms with Gasteiger partial charge in [-0.2, -0.15) is 0 Å². The predicted octanol–water partition coefficient (Wildman–Crippen LogP) is 3.21. The van der Waals surface area contributed by atoms with Crippen LogP contribution in [0.25, 0.3) is 0 Å². The molecule has 0 amide bonds. The molecule has 2 rings (SSSR count). The largest absolute Gasteiger partial charge is 0.496 e. The Morgan fingerprint density at radius 1 is 1.47 bits per heavy atom. The molecule has 0 aliphatic carbocycles. The van der Waals surface area contributed by atoms with Crippen LogP contribution >= 0.6 is 15.9 Å². The number of carbonyl (C=O) groups is 1. The number of carbonyl (C=O) groups excluding carboxylic acids is 1. The van der Waals surface area contributed by atoms with Crippen molar-refractivity contribution in [2.75, 3.05) is 7.11 Å². The summed E-state index contributed by atoms with van der Waals surface area (Å²) in [6.45, 7) is 1.99. The summed E-state index contributed by atoms with van der Waals surface area (Å²) in [6, 6.07) is 5.43. The lowest BCUT2D eigenvalue weighted by molar-refractivity contribution is 0.0431. The van der Waals surface area contributed by atoms with Gasteiger partial charge < -0.3 is 9.47 Å². The Balaban J connectivity index is 2.26. The zero-order valence-electron chi connectivity index (χ0n) is 9.90. The number of hydrogen-bond acceptors (Lipinski definition) is 3. The highest BCUT2D eigenvalue weighted by atomic mass is 79.9. The van der Waals surface area contributed by atoms with Crippen LogP contribution in [0.1, 0.15) is 30.1 Å². The molecule has 0 bridgehead atoms. The van der Waals surface area contributed by atoms with Gasteiger partial charge in [0.2, 0.25) is 0 Å². The van der Waals surface area contributed by atoms with Crippen molar-refractivity contribution in [1.82, 2.24) is 0 Å². The summed E-state index contributed by atoms with van der Waals surface area (Å²) >= 11 is 3.37. The number of hydrogen-bond donors (Lipinski definition) is 0. The minimum Gasteiger partial charge on any atom is -0.496 e. The molecule has 0 N–H and O–H groups in total. The van der Waals surface area contributed by atoms with Gasteiger partial charge in [0.25, 0.3) is 0 Å². The second kappa shape index (κ2) is 5.19. The van der Waals surface area contributed by atoms with Gasteiger partial charge in [-0.25, -0.2) is 0 Å². The molecule has 0 saturated carbocycles. The number of halogens is 1. The van der Waals surface area contributed by atoms with Gasteiger partial charge >= 0.3 is 0 Å². The fourth-order valence-electron chi connectivity index (χ4n) is 2.04. The molecule has 0 aromatic heterocycles. The normalized spacial score (nSPS) is 23.7. The highest BCUT2D eigenvalue weighted by Gasteiger charge is 2.30. The van der Waals surface area contributed by atoms with Crippen LogP contribution in [0.2, 0.25) is 0 Å². The van der Waals surface area contributed by atoms with Gasteiger partial charge in [0, 0.05) is 4.47 Å². The molecule has 17 heavy (non-hydrogen) atoms. The summed E-state index contributed by atoms with van der Waals surface area (Å²) in [5, 5.41) is 0. The van der Waals surface area contributed by atoms with E-state index in [-0.39, 0.29) is 18.0 Å². The van der Waals surface area contributed by atoms with E-state index in [9.17, 15) is 4.79 Å². The third-order valence-corrected chi connectivity index (χ3v) is 3.44. The summed E-state index contributed by atoms with van der Waals surface area (Å²) in [5.74, 6) is 0.605. The number of Topliss-reactive ketones (excluding diaryl/α,β-unsaturated/α-hetero) is 1. The van der Waals surface area contributed by atoms with Crippen molar-refractivity contribution in [3.63, 3.8) is 0 Å². The van der Waals surface area contributed by atoms with Crippen LogP contribution in [0.3, 0.4) is 0 Å². The zero-order chi connectivity index (χ0) is 12.4. The molecule has 4 heteroatoms. The average molecular weight is 299 g/mol. The monoisotopic (exact) mass is 298 g/mol. The van der Waals surface area contributed by atoms with Crippen molar-refractivity contribution < 1.29 is 14.3 Å². The fraction of sp³-hybridized carbons (Fsp3) is 0.462. The van der Waals surface area contributed by atoms with Gasteiger partial charge in [0.05, 0.1) is 18.8 Å². The smallest absolute Gasteiger partial charge is 0.195 e. The Morgan fingerprint density at radius 3 is 2.82 bits per heavy atom. The summed E-state index contributed by atoms with van der Waals surface area (Å²) in [7, 11) is 1.57. The van der Waals surface area contributed by atoms with E-state index in [2.05, 4.69) is 15.9 Å². The summed E-state index contributed by atoms with van der Waals surface area (Å²) in [6.07, 6.45) is 1.57. The second-order valence-electron chi connectivity index (χ2n) is 4.22. The Bertz CT molecular complexity index is 431. The second-order valence-corrected chi connectivity index (χ2v) is 5.14. The van der Waals surface area contributed by atoms with Gasteiger partial charge in [-0.1, -0.05) is 15.9 Å². The van der Waals surface area contributed by atoms with Gasteiger partial charge in [0.1, 0.15) is 11.9 Å². The average Bonchev–Trinajstić information content (AvgIpc) is 2.75. The van der Waals surface area contributed by atoms with Crippen molar-refractivity contribution in [1.29, 1.82) is 0 Å². The van der Waals surface area contributed by atoms with Crippen LogP contribution in [0.5, 0.6) is 5.75 Å². The van der Waals surface area contributed by atoms with E-state index in [4.69, 9.17) is 9.47 Å². The highest BCUT2D eigenvalue weighted by molar-refractivity contribution is 9.10. The molecule has 0 radical (unpaired) electrons. The van der Waals surface area contributed by atoms with E-state index in [0.717, 1.165) is 17.3 Å². The zero-order valence-corrected chi connectivity index (χ0v) is 11.5. The quantitative estimate of drug-likeness (QED) is 0.804. The first-order valence-electron chi connectivity index (χ1n) is 5.65. The minimum atomic E-state index is -0.326. The van der Waals surface area contributed by atoms with Crippen LogP contribution in [0, 0.1) is 0 Å². The van der Waals surface area contributed by atoms with Crippen LogP contribution in [-0.4, -0.2) is 25.1 Å². The molecule has 1 saturated heterocycles. The van der Waals surface area contributed by atoms with E-state index in [1.807, 2.05) is 13.0 Å². The van der Waals surface area contributed by atoms with Crippen LogP contribution in [0.15, 0.2) is 22.7 Å². The van der Waals surface area contributed by atoms with Gasteiger partial charge in [-0.05, 0) is 38.0 Å². The first kappa shape index (κ1) is 12.6. The lowest BCUT2D eigenvalue weighted by atomic mass is 10.0. The number of rotatable bonds is 3. The molecular weight excluding hydrogens is 284 g/mol. The fourth-order valence-corrected chi connectivity index (χ4v) is 2.40. The molecule has 3 nitrogen and oxygen atoms in total. The minimum absolute atomic E-state index is 0.00694. The van der Waals surface area contributed by atoms with E-state index < -0.39 is 0 Å². The maximum absolute atomic E-state index is 12.3. The molecule has 92 valence electrons. The standard InChI is InChI=1S/C13H15BrO3/c1-8-3-5-12(17-8)13(15)10-7-9(14)4-6-11(10)16-2/h4,6-8,12H,3,5H2,1-2H3. The summed E-state index contributed by atoms with van der Waals surface area (Å²) in [5.41, 5.74) is 0.584. The highest BCUT2D eigenvalue weighted by Crippen LogP contribution is 2.28. The Morgan fingerprint density at radius 2 is 2.24 bits per heavy atom. The van der Waals surface area contributed by atoms with Crippen molar-refractivity contribution in [3.05, 3.63) is 28.2 Å². The van der Waals surface area contributed by atoms with E-state index in [1.165, 1.54) is 0 Å². The molecule has 1 aliphatic heterocycles. The Hall–Kier alpha value is -0.870. The number of benzene rings is 1. The van der Waals surface area contributed by atoms with Gasteiger partial charge in [0.15, 0.2) is 5.78 Å². The lowest BCUT2D eigenvalue weighted by Crippen LogP contribution is -2.21. The van der Waals surface area contributed by atoms with E-state index in [1.54, 1.807) is 19.2 Å². The SMILES string of the molecule is COc1ccc(Br)cc1C(=O)C1CCC(C)O1. The third-order valence-electron chi connectivity index (χ3n) is 2.95. The van der Waals surface area contributed by atoms with E-state index >= 15 is 0 Å². The van der Waals surface area contributed by atoms with Crippen molar-refractivity contribution >= 4 is 21.7 Å². The summed E-state index contributed by atoms with van der Waals surface area (Å²) in [4.78, 5) is 12.3. The van der Waals surface area contributed by atoms with Crippen LogP contribution in [-0.2, 0) is 4.74 Å². The maximum Gasteiger partial charge on any atom is 0.195 e. The van der Waals surface area contributed by atoms with Crippen molar-refractivity contribution in [2.24, 2.45) is 0 Å². The topological polar surface area (TPSA) is 35.5 Å². The molecule has 1 aromatic carbocycles. The number of methoxy groups -OCH3 is 1. The third kappa shape index (κ3) is 2.69. The predicted molar refractivity (Wildman–Crippen MR) is 68.6 cm³/mol. The molecule has 1 aliphatic rings. The Kier molecular flexibility index (Phi) is 3.84. The van der Waals surface area contributed by atoms with E-state index in [0.29, 0.717) is 11.3 Å². The lowest BCUT2D eigenvalue weighted by Gasteiger charge is -2.13. The molecule has 1 aromatic rings.